The molecule has 3 amide bonds. The lowest BCUT2D eigenvalue weighted by Crippen LogP contribution is -2.55. The molecule has 0 radical (unpaired) electrons. The maximum absolute atomic E-state index is 13.9. The number of carbonyl (C=O) groups is 3. The number of carbonyl (C=O) groups excluding carboxylic acids is 3. The van der Waals surface area contributed by atoms with Crippen molar-refractivity contribution in [1.29, 1.82) is 5.26 Å². The van der Waals surface area contributed by atoms with Crippen LogP contribution in [-0.2, 0) is 14.3 Å². The van der Waals surface area contributed by atoms with Crippen molar-refractivity contribution in [1.82, 2.24) is 15.5 Å². The Kier molecular flexibility index (Phi) is 10.3. The summed E-state index contributed by atoms with van der Waals surface area (Å²) < 4.78 is 5.37. The van der Waals surface area contributed by atoms with Crippen LogP contribution in [0.15, 0.2) is 18.2 Å². The highest BCUT2D eigenvalue weighted by Crippen LogP contribution is 2.28. The molecule has 8 heteroatoms. The molecule has 2 unspecified atom stereocenters. The molecule has 0 aliphatic carbocycles. The molecule has 2 atom stereocenters. The van der Waals surface area contributed by atoms with Gasteiger partial charge in [0.2, 0.25) is 11.8 Å². The highest BCUT2D eigenvalue weighted by Gasteiger charge is 2.38. The molecule has 0 aliphatic rings. The van der Waals surface area contributed by atoms with E-state index in [0.717, 1.165) is 11.1 Å². The zero-order chi connectivity index (χ0) is 27.1. The Morgan fingerprint density at radius 1 is 1.09 bits per heavy atom. The summed E-state index contributed by atoms with van der Waals surface area (Å²) in [4.78, 5) is 41.3. The van der Waals surface area contributed by atoms with Crippen molar-refractivity contribution >= 4 is 17.9 Å². The zero-order valence-corrected chi connectivity index (χ0v) is 22.9. The summed E-state index contributed by atoms with van der Waals surface area (Å²) in [6, 6.07) is 5.58. The topological polar surface area (TPSA) is 112 Å². The lowest BCUT2D eigenvalue weighted by Gasteiger charge is -2.35. The minimum absolute atomic E-state index is 0.0605. The van der Waals surface area contributed by atoms with Gasteiger partial charge in [0.15, 0.2) is 0 Å². The first-order chi connectivity index (χ1) is 16.0. The van der Waals surface area contributed by atoms with Crippen molar-refractivity contribution < 1.29 is 19.1 Å². The normalized spacial score (nSPS) is 13.4. The Morgan fingerprint density at radius 2 is 1.69 bits per heavy atom. The monoisotopic (exact) mass is 486 g/mol. The van der Waals surface area contributed by atoms with Crippen LogP contribution in [0.2, 0.25) is 0 Å². The van der Waals surface area contributed by atoms with Crippen LogP contribution < -0.4 is 10.6 Å². The second-order valence-electron chi connectivity index (χ2n) is 11.4. The average Bonchev–Trinajstić information content (AvgIpc) is 2.66. The van der Waals surface area contributed by atoms with Gasteiger partial charge in [-0.2, -0.15) is 5.26 Å². The Balaban J connectivity index is 3.56. The largest absolute Gasteiger partial charge is 0.444 e. The molecule has 0 aromatic heterocycles. The number of rotatable bonds is 8. The summed E-state index contributed by atoms with van der Waals surface area (Å²) >= 11 is 0. The standard InChI is InChI=1S/C27H42N4O4/c1-17(2)16-21(29-25(34)35-27(8,9)10)24(33)31(15-14-28)22(23(32)30-26(5,6)7)20-13-11-12-18(3)19(20)4/h11-13,17,21-22H,15-16H2,1-10H3,(H,29,34)(H,30,32). The number of benzene rings is 1. The molecule has 0 aliphatic heterocycles. The fourth-order valence-electron chi connectivity index (χ4n) is 3.67. The molecule has 0 fully saturated rings. The maximum Gasteiger partial charge on any atom is 0.408 e. The summed E-state index contributed by atoms with van der Waals surface area (Å²) in [6.45, 7) is 18.1. The molecule has 35 heavy (non-hydrogen) atoms. The maximum atomic E-state index is 13.9. The molecule has 194 valence electrons. The first-order valence-corrected chi connectivity index (χ1v) is 12.0. The third kappa shape index (κ3) is 9.59. The number of nitriles is 1. The quantitative estimate of drug-likeness (QED) is 0.524. The number of hydrogen-bond donors (Lipinski definition) is 2. The van der Waals surface area contributed by atoms with Crippen LogP contribution in [0.3, 0.4) is 0 Å². The Labute approximate surface area is 210 Å². The fourth-order valence-corrected chi connectivity index (χ4v) is 3.67. The first-order valence-electron chi connectivity index (χ1n) is 12.0. The van der Waals surface area contributed by atoms with Gasteiger partial charge in [-0.15, -0.1) is 0 Å². The van der Waals surface area contributed by atoms with Crippen LogP contribution in [0.5, 0.6) is 0 Å². The highest BCUT2D eigenvalue weighted by molar-refractivity contribution is 5.92. The Bertz CT molecular complexity index is 951. The third-order valence-electron chi connectivity index (χ3n) is 5.22. The summed E-state index contributed by atoms with van der Waals surface area (Å²) in [5.41, 5.74) is 1.16. The van der Waals surface area contributed by atoms with Crippen LogP contribution in [0.4, 0.5) is 4.79 Å². The smallest absolute Gasteiger partial charge is 0.408 e. The van der Waals surface area contributed by atoms with E-state index in [1.165, 1.54) is 4.90 Å². The molecule has 0 spiro atoms. The molecule has 8 nitrogen and oxygen atoms in total. The van der Waals surface area contributed by atoms with E-state index in [4.69, 9.17) is 4.74 Å². The minimum atomic E-state index is -1.05. The highest BCUT2D eigenvalue weighted by atomic mass is 16.6. The van der Waals surface area contributed by atoms with Gasteiger partial charge in [-0.3, -0.25) is 9.59 Å². The molecule has 0 heterocycles. The van der Waals surface area contributed by atoms with Gasteiger partial charge in [0.25, 0.3) is 0 Å². The Hall–Kier alpha value is -3.08. The van der Waals surface area contributed by atoms with Crippen molar-refractivity contribution in [3.8, 4) is 6.07 Å². The predicted octanol–water partition coefficient (Wildman–Crippen LogP) is 4.55. The lowest BCUT2D eigenvalue weighted by molar-refractivity contribution is -0.142. The number of amides is 3. The van der Waals surface area contributed by atoms with E-state index in [2.05, 4.69) is 10.6 Å². The second-order valence-corrected chi connectivity index (χ2v) is 11.4. The predicted molar refractivity (Wildman–Crippen MR) is 136 cm³/mol. The van der Waals surface area contributed by atoms with Crippen molar-refractivity contribution in [2.24, 2.45) is 5.92 Å². The van der Waals surface area contributed by atoms with Gasteiger partial charge in [0.05, 0.1) is 6.07 Å². The van der Waals surface area contributed by atoms with E-state index in [0.29, 0.717) is 12.0 Å². The van der Waals surface area contributed by atoms with Crippen LogP contribution in [0.1, 0.15) is 84.5 Å². The van der Waals surface area contributed by atoms with Gasteiger partial charge >= 0.3 is 6.09 Å². The van der Waals surface area contributed by atoms with Crippen molar-refractivity contribution in [2.75, 3.05) is 6.54 Å². The number of aryl methyl sites for hydroxylation is 1. The van der Waals surface area contributed by atoms with Crippen LogP contribution in [0, 0.1) is 31.1 Å². The van der Waals surface area contributed by atoms with Crippen molar-refractivity contribution in [3.05, 3.63) is 34.9 Å². The third-order valence-corrected chi connectivity index (χ3v) is 5.22. The summed E-state index contributed by atoms with van der Waals surface area (Å²) in [5.74, 6) is -0.846. The Morgan fingerprint density at radius 3 is 2.17 bits per heavy atom. The molecular formula is C27H42N4O4. The molecule has 1 rings (SSSR count). The average molecular weight is 487 g/mol. The van der Waals surface area contributed by atoms with Gasteiger partial charge in [0.1, 0.15) is 24.2 Å². The van der Waals surface area contributed by atoms with Gasteiger partial charge < -0.3 is 20.3 Å². The molecule has 2 N–H and O–H groups in total. The van der Waals surface area contributed by atoms with Crippen LogP contribution in [0.25, 0.3) is 0 Å². The molecular weight excluding hydrogens is 444 g/mol. The number of nitrogens with zero attached hydrogens (tertiary/aromatic N) is 2. The van der Waals surface area contributed by atoms with Crippen LogP contribution in [-0.4, -0.2) is 46.5 Å². The van der Waals surface area contributed by atoms with Gasteiger partial charge in [0, 0.05) is 5.54 Å². The second kappa shape index (κ2) is 12.1. The number of ether oxygens (including phenoxy) is 1. The zero-order valence-electron chi connectivity index (χ0n) is 22.9. The minimum Gasteiger partial charge on any atom is -0.444 e. The van der Waals surface area contributed by atoms with Gasteiger partial charge in [-0.05, 0) is 84.4 Å². The molecule has 1 aromatic rings. The van der Waals surface area contributed by atoms with Crippen LogP contribution >= 0.6 is 0 Å². The molecule has 0 saturated carbocycles. The van der Waals surface area contributed by atoms with Crippen molar-refractivity contribution in [2.45, 2.75) is 98.9 Å². The van der Waals surface area contributed by atoms with Gasteiger partial charge in [-0.1, -0.05) is 32.0 Å². The van der Waals surface area contributed by atoms with Gasteiger partial charge in [-0.25, -0.2) is 4.79 Å². The van der Waals surface area contributed by atoms with E-state index in [1.807, 2.05) is 66.7 Å². The number of hydrogen-bond acceptors (Lipinski definition) is 5. The number of alkyl carbamates (subject to hydrolysis) is 1. The molecule has 0 bridgehead atoms. The van der Waals surface area contributed by atoms with E-state index < -0.39 is 41.1 Å². The summed E-state index contributed by atoms with van der Waals surface area (Å²) in [6.07, 6.45) is -0.406. The fraction of sp³-hybridized carbons (Fsp3) is 0.630. The van der Waals surface area contributed by atoms with Crippen molar-refractivity contribution in [3.63, 3.8) is 0 Å². The van der Waals surface area contributed by atoms with E-state index >= 15 is 0 Å². The summed E-state index contributed by atoms with van der Waals surface area (Å²) in [5, 5.41) is 15.3. The number of nitrogens with one attached hydrogen (secondary N) is 2. The SMILES string of the molecule is Cc1cccc(C(C(=O)NC(C)(C)C)N(CC#N)C(=O)C(CC(C)C)NC(=O)OC(C)(C)C)c1C. The lowest BCUT2D eigenvalue weighted by atomic mass is 9.93. The van der Waals surface area contributed by atoms with E-state index in [-0.39, 0.29) is 12.5 Å². The van der Waals surface area contributed by atoms with E-state index in [1.54, 1.807) is 26.8 Å². The van der Waals surface area contributed by atoms with E-state index in [9.17, 15) is 19.6 Å². The molecule has 1 aromatic carbocycles. The summed E-state index contributed by atoms with van der Waals surface area (Å²) in [7, 11) is 0. The first kappa shape index (κ1) is 30.0. The molecule has 0 saturated heterocycles.